The van der Waals surface area contributed by atoms with Crippen molar-refractivity contribution in [1.82, 2.24) is 15.3 Å². The Morgan fingerprint density at radius 3 is 2.59 bits per heavy atom. The second-order valence-electron chi connectivity index (χ2n) is 7.35. The topological polar surface area (TPSA) is 80.8 Å². The van der Waals surface area contributed by atoms with E-state index >= 15 is 0 Å². The van der Waals surface area contributed by atoms with Crippen LogP contribution in [0.3, 0.4) is 0 Å². The molecule has 4 rings (SSSR count). The fourth-order valence-corrected chi connectivity index (χ4v) is 3.49. The van der Waals surface area contributed by atoms with Crippen LogP contribution in [0, 0.1) is 0 Å². The Balaban J connectivity index is 1.26. The first kappa shape index (κ1) is 21.7. The molecule has 0 amide bonds. The van der Waals surface area contributed by atoms with Gasteiger partial charge in [0.1, 0.15) is 24.7 Å². The lowest BCUT2D eigenvalue weighted by Gasteiger charge is -2.28. The molecule has 8 heteroatoms. The number of hydrogen-bond donors (Lipinski definition) is 2. The summed E-state index contributed by atoms with van der Waals surface area (Å²) in [5.74, 6) is 2.98. The molecule has 1 aliphatic heterocycles. The second kappa shape index (κ2) is 11.2. The molecule has 2 N–H and O–H groups in total. The molecule has 0 atom stereocenters. The maximum Gasteiger partial charge on any atom is 0.257 e. The predicted octanol–water partition coefficient (Wildman–Crippen LogP) is 2.96. The maximum atomic E-state index is 5.90. The average molecular weight is 436 g/mol. The van der Waals surface area contributed by atoms with Gasteiger partial charge in [0.05, 0.1) is 7.11 Å². The van der Waals surface area contributed by atoms with Gasteiger partial charge in [-0.15, -0.1) is 0 Å². The van der Waals surface area contributed by atoms with Crippen LogP contribution in [-0.4, -0.2) is 56.5 Å². The van der Waals surface area contributed by atoms with E-state index in [9.17, 15) is 0 Å². The zero-order valence-corrected chi connectivity index (χ0v) is 18.3. The van der Waals surface area contributed by atoms with E-state index in [1.54, 1.807) is 19.5 Å². The van der Waals surface area contributed by atoms with Crippen molar-refractivity contribution in [2.24, 2.45) is 0 Å². The van der Waals surface area contributed by atoms with E-state index in [4.69, 9.17) is 14.2 Å². The standard InChI is InChI=1S/C24H29N5O3/c1-30-21-6-3-5-20(17-21)28-18-19-4-2-7-22(16-19)31-14-15-32-24-23(26-8-9-27-24)29-12-10-25-11-13-29/h2-9,16-17,25,28H,10-15,18H2,1H3. The summed E-state index contributed by atoms with van der Waals surface area (Å²) in [5.41, 5.74) is 2.13. The summed E-state index contributed by atoms with van der Waals surface area (Å²) >= 11 is 0. The highest BCUT2D eigenvalue weighted by Crippen LogP contribution is 2.23. The van der Waals surface area contributed by atoms with Crippen molar-refractivity contribution in [2.45, 2.75) is 6.54 Å². The first-order valence-corrected chi connectivity index (χ1v) is 10.8. The summed E-state index contributed by atoms with van der Waals surface area (Å²) in [6, 6.07) is 15.9. The third-order valence-electron chi connectivity index (χ3n) is 5.12. The number of aromatic nitrogens is 2. The van der Waals surface area contributed by atoms with Gasteiger partial charge in [0.2, 0.25) is 0 Å². The molecule has 32 heavy (non-hydrogen) atoms. The molecule has 2 heterocycles. The Morgan fingerprint density at radius 2 is 1.72 bits per heavy atom. The SMILES string of the molecule is COc1cccc(NCc2cccc(OCCOc3nccnc3N3CCNCC3)c2)c1. The maximum absolute atomic E-state index is 5.90. The Kier molecular flexibility index (Phi) is 7.60. The Morgan fingerprint density at radius 1 is 0.938 bits per heavy atom. The molecule has 8 nitrogen and oxygen atoms in total. The van der Waals surface area contributed by atoms with Crippen molar-refractivity contribution < 1.29 is 14.2 Å². The van der Waals surface area contributed by atoms with Gasteiger partial charge >= 0.3 is 0 Å². The monoisotopic (exact) mass is 435 g/mol. The van der Waals surface area contributed by atoms with Gasteiger partial charge in [0, 0.05) is 56.9 Å². The molecule has 0 unspecified atom stereocenters. The molecule has 0 aliphatic carbocycles. The van der Waals surface area contributed by atoms with Crippen LogP contribution in [0.15, 0.2) is 60.9 Å². The first-order valence-electron chi connectivity index (χ1n) is 10.8. The number of rotatable bonds is 10. The van der Waals surface area contributed by atoms with Gasteiger partial charge < -0.3 is 29.7 Å². The van der Waals surface area contributed by atoms with Crippen LogP contribution in [0.1, 0.15) is 5.56 Å². The zero-order valence-electron chi connectivity index (χ0n) is 18.3. The van der Waals surface area contributed by atoms with E-state index in [0.717, 1.165) is 54.7 Å². The summed E-state index contributed by atoms with van der Waals surface area (Å²) in [6.45, 7) is 5.15. The Hall–Kier alpha value is -3.52. The molecule has 1 fully saturated rings. The van der Waals surface area contributed by atoms with Gasteiger partial charge in [-0.3, -0.25) is 0 Å². The largest absolute Gasteiger partial charge is 0.497 e. The highest BCUT2D eigenvalue weighted by atomic mass is 16.5. The van der Waals surface area contributed by atoms with E-state index in [1.807, 2.05) is 42.5 Å². The summed E-state index contributed by atoms with van der Waals surface area (Å²) in [4.78, 5) is 11.0. The fourth-order valence-electron chi connectivity index (χ4n) is 3.49. The molecule has 0 spiro atoms. The van der Waals surface area contributed by atoms with Crippen molar-refractivity contribution in [3.8, 4) is 17.4 Å². The van der Waals surface area contributed by atoms with E-state index in [1.165, 1.54) is 0 Å². The van der Waals surface area contributed by atoms with Crippen LogP contribution in [-0.2, 0) is 6.54 Å². The highest BCUT2D eigenvalue weighted by molar-refractivity contribution is 5.49. The fraction of sp³-hybridized carbons (Fsp3) is 0.333. The number of anilines is 2. The Bertz CT molecular complexity index is 995. The van der Waals surface area contributed by atoms with Crippen LogP contribution in [0.4, 0.5) is 11.5 Å². The summed E-state index contributed by atoms with van der Waals surface area (Å²) < 4.78 is 17.1. The zero-order chi connectivity index (χ0) is 22.0. The van der Waals surface area contributed by atoms with Crippen molar-refractivity contribution in [3.05, 3.63) is 66.5 Å². The lowest BCUT2D eigenvalue weighted by Crippen LogP contribution is -2.44. The third kappa shape index (κ3) is 6.01. The number of piperazine rings is 1. The van der Waals surface area contributed by atoms with Gasteiger partial charge in [-0.1, -0.05) is 18.2 Å². The minimum absolute atomic E-state index is 0.393. The summed E-state index contributed by atoms with van der Waals surface area (Å²) in [7, 11) is 1.67. The third-order valence-corrected chi connectivity index (χ3v) is 5.12. The van der Waals surface area contributed by atoms with E-state index in [0.29, 0.717) is 25.6 Å². The average Bonchev–Trinajstić information content (AvgIpc) is 2.86. The van der Waals surface area contributed by atoms with Gasteiger partial charge in [-0.2, -0.15) is 0 Å². The van der Waals surface area contributed by atoms with Crippen molar-refractivity contribution in [3.63, 3.8) is 0 Å². The van der Waals surface area contributed by atoms with Crippen molar-refractivity contribution in [2.75, 3.05) is 56.7 Å². The molecule has 3 aromatic rings. The molecule has 1 aromatic heterocycles. The minimum atomic E-state index is 0.393. The quantitative estimate of drug-likeness (QED) is 0.471. The van der Waals surface area contributed by atoms with Crippen LogP contribution in [0.25, 0.3) is 0 Å². The summed E-state index contributed by atoms with van der Waals surface area (Å²) in [5, 5.41) is 6.75. The van der Waals surface area contributed by atoms with Gasteiger partial charge in [-0.25, -0.2) is 9.97 Å². The van der Waals surface area contributed by atoms with E-state index < -0.39 is 0 Å². The predicted molar refractivity (Wildman–Crippen MR) is 125 cm³/mol. The van der Waals surface area contributed by atoms with Crippen LogP contribution in [0.2, 0.25) is 0 Å². The van der Waals surface area contributed by atoms with Gasteiger partial charge in [0.15, 0.2) is 5.82 Å². The highest BCUT2D eigenvalue weighted by Gasteiger charge is 2.17. The number of nitrogens with one attached hydrogen (secondary N) is 2. The van der Waals surface area contributed by atoms with Crippen LogP contribution in [0.5, 0.6) is 17.4 Å². The Labute approximate surface area is 188 Å². The van der Waals surface area contributed by atoms with E-state index in [-0.39, 0.29) is 0 Å². The summed E-state index contributed by atoms with van der Waals surface area (Å²) in [6.07, 6.45) is 3.35. The molecular formula is C24H29N5O3. The smallest absolute Gasteiger partial charge is 0.257 e. The normalized spacial score (nSPS) is 13.5. The lowest BCUT2D eigenvalue weighted by atomic mass is 10.2. The molecule has 0 saturated carbocycles. The number of hydrogen-bond acceptors (Lipinski definition) is 8. The van der Waals surface area contributed by atoms with Crippen molar-refractivity contribution in [1.29, 1.82) is 0 Å². The van der Waals surface area contributed by atoms with Crippen molar-refractivity contribution >= 4 is 11.5 Å². The van der Waals surface area contributed by atoms with Crippen LogP contribution >= 0.6 is 0 Å². The lowest BCUT2D eigenvalue weighted by molar-refractivity contribution is 0.211. The minimum Gasteiger partial charge on any atom is -0.497 e. The molecule has 168 valence electrons. The first-order chi connectivity index (χ1) is 15.8. The molecule has 0 radical (unpaired) electrons. The van der Waals surface area contributed by atoms with E-state index in [2.05, 4.69) is 31.6 Å². The molecule has 0 bridgehead atoms. The number of benzene rings is 2. The molecular weight excluding hydrogens is 406 g/mol. The number of methoxy groups -OCH3 is 1. The van der Waals surface area contributed by atoms with Crippen LogP contribution < -0.4 is 29.7 Å². The number of ether oxygens (including phenoxy) is 3. The molecule has 1 aliphatic rings. The molecule has 2 aromatic carbocycles. The van der Waals surface area contributed by atoms with Gasteiger partial charge in [0.25, 0.3) is 5.88 Å². The van der Waals surface area contributed by atoms with Gasteiger partial charge in [-0.05, 0) is 29.8 Å². The number of nitrogens with zero attached hydrogens (tertiary/aromatic N) is 3. The second-order valence-corrected chi connectivity index (χ2v) is 7.35. The molecule has 1 saturated heterocycles.